The van der Waals surface area contributed by atoms with E-state index in [1.807, 2.05) is 0 Å². The van der Waals surface area contributed by atoms with Crippen molar-refractivity contribution in [1.29, 1.82) is 0 Å². The minimum atomic E-state index is -3.35. The molecule has 1 aromatic rings. The molecule has 0 radical (unpaired) electrons. The Morgan fingerprint density at radius 1 is 1.43 bits per heavy atom. The highest BCUT2D eigenvalue weighted by Crippen LogP contribution is 2.40. The van der Waals surface area contributed by atoms with Crippen LogP contribution in [0.5, 0.6) is 11.5 Å². The van der Waals surface area contributed by atoms with Crippen LogP contribution in [0.25, 0.3) is 0 Å². The van der Waals surface area contributed by atoms with Crippen LogP contribution in [0.1, 0.15) is 22.3 Å². The summed E-state index contributed by atoms with van der Waals surface area (Å²) in [5, 5.41) is 29.5. The molecule has 1 fully saturated rings. The van der Waals surface area contributed by atoms with Crippen LogP contribution < -0.4 is 15.1 Å². The number of carboxylic acid groups (broad SMARTS) is 1. The van der Waals surface area contributed by atoms with E-state index in [1.54, 1.807) is 11.0 Å². The van der Waals surface area contributed by atoms with Crippen LogP contribution in [-0.4, -0.2) is 76.3 Å². The Bertz CT molecular complexity index is 776. The monoisotopic (exact) mass is 411 g/mol. The van der Waals surface area contributed by atoms with Crippen molar-refractivity contribution in [2.75, 3.05) is 32.5 Å². The van der Waals surface area contributed by atoms with Gasteiger partial charge in [-0.2, -0.15) is 11.8 Å². The Kier molecular flexibility index (Phi) is 6.08. The van der Waals surface area contributed by atoms with E-state index < -0.39 is 17.9 Å². The van der Waals surface area contributed by atoms with Crippen LogP contribution in [0, 0.1) is 5.92 Å². The second kappa shape index (κ2) is 8.20. The predicted octanol–water partition coefficient (Wildman–Crippen LogP) is -0.300. The number of carboxylic acids is 1. The lowest BCUT2D eigenvalue weighted by Crippen LogP contribution is -2.56. The van der Waals surface area contributed by atoms with Gasteiger partial charge in [-0.05, 0) is 42.1 Å². The highest BCUT2D eigenvalue weighted by molar-refractivity contribution is 8.02. The number of nitrogens with two attached hydrogens (primary N) is 1. The zero-order chi connectivity index (χ0) is 20.5. The summed E-state index contributed by atoms with van der Waals surface area (Å²) in [5.74, 6) is -1.02. The molecule has 154 valence electrons. The number of carbonyl (C=O) groups excluding carboxylic acids is 1. The van der Waals surface area contributed by atoms with Crippen molar-refractivity contribution in [2.45, 2.75) is 18.0 Å². The minimum Gasteiger partial charge on any atom is -0.669 e. The fourth-order valence-electron chi connectivity index (χ4n) is 3.60. The largest absolute Gasteiger partial charge is 0.669 e. The summed E-state index contributed by atoms with van der Waals surface area (Å²) >= 11 is 1.10. The van der Waals surface area contributed by atoms with Crippen molar-refractivity contribution < 1.29 is 34.1 Å². The molecule has 0 spiro atoms. The fourth-order valence-corrected chi connectivity index (χ4v) is 4.74. The number of aromatic carboxylic acids is 1. The molecule has 0 aromatic heterocycles. The Hall–Kier alpha value is -1.95. The van der Waals surface area contributed by atoms with E-state index in [1.165, 1.54) is 13.2 Å². The lowest BCUT2D eigenvalue weighted by atomic mass is 9.69. The maximum Gasteiger partial charge on any atom is 0.443 e. The van der Waals surface area contributed by atoms with Crippen molar-refractivity contribution in [1.82, 2.24) is 4.90 Å². The van der Waals surface area contributed by atoms with Gasteiger partial charge in [-0.15, -0.1) is 0 Å². The van der Waals surface area contributed by atoms with Gasteiger partial charge in [0.05, 0.1) is 18.6 Å². The van der Waals surface area contributed by atoms with Gasteiger partial charge in [-0.1, -0.05) is 6.07 Å². The smallest absolute Gasteiger partial charge is 0.443 e. The first kappa shape index (κ1) is 20.8. The topological polar surface area (TPSA) is 143 Å². The first-order chi connectivity index (χ1) is 13.3. The van der Waals surface area contributed by atoms with Gasteiger partial charge >= 0.3 is 12.7 Å². The molecule has 28 heavy (non-hydrogen) atoms. The van der Waals surface area contributed by atoms with Crippen molar-refractivity contribution in [2.24, 2.45) is 11.7 Å². The maximum absolute atomic E-state index is 12.4. The summed E-state index contributed by atoms with van der Waals surface area (Å²) in [6.07, 6.45) is 1.04. The van der Waals surface area contributed by atoms with Gasteiger partial charge in [-0.3, -0.25) is 4.79 Å². The molecule has 11 heteroatoms. The van der Waals surface area contributed by atoms with E-state index in [2.05, 4.69) is 0 Å². The third-order valence-corrected chi connectivity index (χ3v) is 6.59. The minimum absolute atomic E-state index is 0.0719. The zero-order valence-electron chi connectivity index (χ0n) is 15.5. The molecule has 1 amide bonds. The highest BCUT2D eigenvalue weighted by Gasteiger charge is 2.41. The quantitative estimate of drug-likeness (QED) is 0.464. The first-order valence-corrected chi connectivity index (χ1v) is 10.1. The zero-order valence-corrected chi connectivity index (χ0v) is 16.4. The van der Waals surface area contributed by atoms with Gasteiger partial charge in [0.2, 0.25) is 5.91 Å². The van der Waals surface area contributed by atoms with Gasteiger partial charge in [0.1, 0.15) is 11.3 Å². The Morgan fingerprint density at radius 2 is 2.18 bits per heavy atom. The maximum atomic E-state index is 12.4. The van der Waals surface area contributed by atoms with Crippen LogP contribution in [0.2, 0.25) is 0 Å². The standard InChI is InChI=1S/C17H24BN2O7S/c1-26-12-3-2-11-6-13(18(24,25)27-16(11)15(12)17(22)23)28-9-14(21)20-5-4-10(7-19)8-20/h2-3,10,13,24-25H,4-9,19H2,1H3,(H,22,23)/q-1/t10?,13-/m0/s1. The number of nitrogens with zero attached hydrogens (tertiary/aromatic N) is 1. The summed E-state index contributed by atoms with van der Waals surface area (Å²) in [7, 11) is 1.32. The van der Waals surface area contributed by atoms with Crippen molar-refractivity contribution in [3.05, 3.63) is 23.3 Å². The number of rotatable bonds is 6. The number of methoxy groups -OCH3 is 1. The van der Waals surface area contributed by atoms with E-state index in [-0.39, 0.29) is 35.1 Å². The van der Waals surface area contributed by atoms with Crippen molar-refractivity contribution in [3.8, 4) is 11.5 Å². The van der Waals surface area contributed by atoms with Crippen LogP contribution in [0.4, 0.5) is 0 Å². The third-order valence-electron chi connectivity index (χ3n) is 5.22. The molecule has 0 saturated carbocycles. The summed E-state index contributed by atoms with van der Waals surface area (Å²) in [6.45, 7) is -1.54. The van der Waals surface area contributed by atoms with Crippen LogP contribution in [0.15, 0.2) is 12.1 Å². The Balaban J connectivity index is 1.72. The SMILES string of the molecule is COc1ccc2c(c1C(=O)O)O[B-](O)(O)[C@@H](SCC(=O)N1CCC(CN)C1)C2. The van der Waals surface area contributed by atoms with Crippen LogP contribution in [-0.2, 0) is 11.2 Å². The van der Waals surface area contributed by atoms with Gasteiger partial charge in [0.15, 0.2) is 0 Å². The number of ether oxygens (including phenoxy) is 1. The second-order valence-electron chi connectivity index (χ2n) is 7.10. The van der Waals surface area contributed by atoms with Crippen LogP contribution in [0.3, 0.4) is 0 Å². The molecule has 2 aliphatic rings. The lowest BCUT2D eigenvalue weighted by Gasteiger charge is -2.43. The van der Waals surface area contributed by atoms with Gasteiger partial charge in [-0.25, -0.2) is 4.79 Å². The predicted molar refractivity (Wildman–Crippen MR) is 104 cm³/mol. The van der Waals surface area contributed by atoms with E-state index in [0.29, 0.717) is 31.1 Å². The summed E-state index contributed by atoms with van der Waals surface area (Å²) in [6, 6.07) is 3.14. The average molecular weight is 411 g/mol. The molecule has 1 unspecified atom stereocenters. The number of likely N-dealkylation sites (tertiary alicyclic amines) is 1. The summed E-state index contributed by atoms with van der Waals surface area (Å²) in [4.78, 5) is 25.7. The van der Waals surface area contributed by atoms with E-state index in [9.17, 15) is 24.7 Å². The number of carbonyl (C=O) groups is 2. The molecule has 2 aliphatic heterocycles. The number of benzene rings is 1. The Labute approximate surface area is 166 Å². The number of amides is 1. The number of hydrogen-bond donors (Lipinski definition) is 4. The van der Waals surface area contributed by atoms with Crippen molar-refractivity contribution in [3.63, 3.8) is 0 Å². The molecular weight excluding hydrogens is 387 g/mol. The van der Waals surface area contributed by atoms with Crippen LogP contribution >= 0.6 is 11.8 Å². The summed E-state index contributed by atoms with van der Waals surface area (Å²) in [5.41, 5.74) is 5.92. The molecule has 9 nitrogen and oxygen atoms in total. The molecule has 5 N–H and O–H groups in total. The van der Waals surface area contributed by atoms with E-state index in [4.69, 9.17) is 15.1 Å². The van der Waals surface area contributed by atoms with Gasteiger partial charge in [0.25, 0.3) is 0 Å². The lowest BCUT2D eigenvalue weighted by molar-refractivity contribution is -0.127. The summed E-state index contributed by atoms with van der Waals surface area (Å²) < 4.78 is 10.3. The van der Waals surface area contributed by atoms with Gasteiger partial charge < -0.3 is 35.2 Å². The average Bonchev–Trinajstić information content (AvgIpc) is 3.13. The molecule has 3 rings (SSSR count). The highest BCUT2D eigenvalue weighted by atomic mass is 32.2. The molecule has 1 saturated heterocycles. The first-order valence-electron chi connectivity index (χ1n) is 9.07. The Morgan fingerprint density at radius 3 is 2.79 bits per heavy atom. The molecule has 2 atom stereocenters. The normalized spacial score (nSPS) is 23.1. The second-order valence-corrected chi connectivity index (χ2v) is 8.33. The van der Waals surface area contributed by atoms with Crippen molar-refractivity contribution >= 4 is 30.4 Å². The molecule has 1 aromatic carbocycles. The molecule has 0 bridgehead atoms. The molecular formula is C17H24BN2O7S-. The number of thioether (sulfide) groups is 1. The number of hydrogen-bond acceptors (Lipinski definition) is 8. The fraction of sp³-hybridized carbons (Fsp3) is 0.529. The third kappa shape index (κ3) is 4.07. The molecule has 0 aliphatic carbocycles. The van der Waals surface area contributed by atoms with E-state index >= 15 is 0 Å². The van der Waals surface area contributed by atoms with Gasteiger partial charge in [0, 0.05) is 13.1 Å². The van der Waals surface area contributed by atoms with E-state index in [0.717, 1.165) is 18.2 Å². The molecule has 2 heterocycles. The number of fused-ring (bicyclic) bond motifs is 1.